The average molecular weight is 389 g/mol. The largest absolute Gasteiger partial charge is 0.454 e. The minimum Gasteiger partial charge on any atom is -0.454 e. The Bertz CT molecular complexity index is 1150. The van der Waals surface area contributed by atoms with Gasteiger partial charge in [0.1, 0.15) is 11.1 Å². The first-order valence-electron chi connectivity index (χ1n) is 8.56. The topological polar surface area (TPSA) is 96.8 Å². The highest BCUT2D eigenvalue weighted by atomic mass is 32.1. The average Bonchev–Trinajstić information content (AvgIpc) is 3.43. The third kappa shape index (κ3) is 3.46. The fourth-order valence-electron chi connectivity index (χ4n) is 2.86. The summed E-state index contributed by atoms with van der Waals surface area (Å²) in [6, 6.07) is 9.97. The van der Waals surface area contributed by atoms with Crippen LogP contribution in [0.15, 0.2) is 29.8 Å². The first-order valence-corrected chi connectivity index (χ1v) is 9.44. The van der Waals surface area contributed by atoms with Crippen LogP contribution in [0.25, 0.3) is 22.9 Å². The van der Waals surface area contributed by atoms with Crippen molar-refractivity contribution < 1.29 is 9.47 Å². The van der Waals surface area contributed by atoms with Gasteiger partial charge in [-0.25, -0.2) is 4.98 Å². The molecule has 0 radical (unpaired) electrons. The molecule has 0 unspecified atom stereocenters. The van der Waals surface area contributed by atoms with Gasteiger partial charge in [0, 0.05) is 28.4 Å². The van der Waals surface area contributed by atoms with E-state index in [4.69, 9.17) is 14.7 Å². The van der Waals surface area contributed by atoms with E-state index in [9.17, 15) is 5.26 Å². The minimum absolute atomic E-state index is 0.199. The van der Waals surface area contributed by atoms with Crippen molar-refractivity contribution in [3.63, 3.8) is 0 Å². The van der Waals surface area contributed by atoms with Crippen LogP contribution in [0.1, 0.15) is 22.7 Å². The number of aromatic nitrogens is 3. The highest BCUT2D eigenvalue weighted by molar-refractivity contribution is 7.11. The lowest BCUT2D eigenvalue weighted by molar-refractivity contribution is 0.174. The standard InChI is InChI=1S/C20H15N5O2S/c1-13-11-28-20(23-13)15(9-22)7-16-10-25(6-2-5-21)24-19(16)14-3-4-17-18(8-14)27-12-26-17/h3-4,7-8,10-11H,2,6,12H2,1H3/b15-7+. The second-order valence-corrected chi connectivity index (χ2v) is 6.99. The van der Waals surface area contributed by atoms with Crippen molar-refractivity contribution >= 4 is 23.0 Å². The molecule has 0 bridgehead atoms. The molecule has 4 rings (SSSR count). The highest BCUT2D eigenvalue weighted by Crippen LogP contribution is 2.37. The molecule has 3 aromatic rings. The van der Waals surface area contributed by atoms with Crippen molar-refractivity contribution in [3.8, 4) is 34.9 Å². The molecule has 0 saturated carbocycles. The SMILES string of the molecule is Cc1csc(/C(C#N)=C/c2cn(CCC#N)nc2-c2ccc3c(c2)OCO3)n1. The lowest BCUT2D eigenvalue weighted by Gasteiger charge is -2.02. The number of fused-ring (bicyclic) bond motifs is 1. The van der Waals surface area contributed by atoms with Gasteiger partial charge in [0.05, 0.1) is 30.3 Å². The molecule has 1 aromatic carbocycles. The zero-order valence-corrected chi connectivity index (χ0v) is 15.9. The summed E-state index contributed by atoms with van der Waals surface area (Å²) in [6.45, 7) is 2.57. The van der Waals surface area contributed by atoms with Gasteiger partial charge in [-0.15, -0.1) is 11.3 Å². The van der Waals surface area contributed by atoms with E-state index in [2.05, 4.69) is 22.2 Å². The number of hydrogen-bond donors (Lipinski definition) is 0. The van der Waals surface area contributed by atoms with Gasteiger partial charge < -0.3 is 9.47 Å². The number of thiazole rings is 1. The maximum absolute atomic E-state index is 9.63. The maximum atomic E-state index is 9.63. The highest BCUT2D eigenvalue weighted by Gasteiger charge is 2.18. The van der Waals surface area contributed by atoms with Gasteiger partial charge >= 0.3 is 0 Å². The van der Waals surface area contributed by atoms with E-state index in [-0.39, 0.29) is 6.79 Å². The molecule has 8 heteroatoms. The van der Waals surface area contributed by atoms with Crippen LogP contribution in [0.3, 0.4) is 0 Å². The Labute approximate surface area is 165 Å². The number of nitrogens with zero attached hydrogens (tertiary/aromatic N) is 5. The van der Waals surface area contributed by atoms with Gasteiger partial charge in [0.2, 0.25) is 6.79 Å². The van der Waals surface area contributed by atoms with Crippen LogP contribution in [0.4, 0.5) is 0 Å². The summed E-state index contributed by atoms with van der Waals surface area (Å²) in [6.07, 6.45) is 3.98. The van der Waals surface area contributed by atoms with E-state index in [1.165, 1.54) is 11.3 Å². The molecule has 0 N–H and O–H groups in total. The van der Waals surface area contributed by atoms with E-state index >= 15 is 0 Å². The lowest BCUT2D eigenvalue weighted by Crippen LogP contribution is -1.97. The second kappa shape index (κ2) is 7.55. The zero-order chi connectivity index (χ0) is 19.5. The van der Waals surface area contributed by atoms with Crippen LogP contribution in [0.5, 0.6) is 11.5 Å². The van der Waals surface area contributed by atoms with Gasteiger partial charge in [0.15, 0.2) is 11.5 Å². The summed E-state index contributed by atoms with van der Waals surface area (Å²) < 4.78 is 12.6. The van der Waals surface area contributed by atoms with Crippen LogP contribution in [-0.2, 0) is 6.54 Å². The van der Waals surface area contributed by atoms with Crippen molar-refractivity contribution in [2.24, 2.45) is 0 Å². The van der Waals surface area contributed by atoms with Crippen molar-refractivity contribution in [2.75, 3.05) is 6.79 Å². The molecule has 1 aliphatic heterocycles. The molecule has 1 aliphatic rings. The summed E-state index contributed by atoms with van der Waals surface area (Å²) in [5, 5.41) is 25.7. The van der Waals surface area contributed by atoms with Crippen LogP contribution in [0, 0.1) is 29.6 Å². The van der Waals surface area contributed by atoms with E-state index in [1.54, 1.807) is 10.8 Å². The monoisotopic (exact) mass is 389 g/mol. The zero-order valence-electron chi connectivity index (χ0n) is 15.0. The fourth-order valence-corrected chi connectivity index (χ4v) is 3.63. The molecule has 3 heterocycles. The van der Waals surface area contributed by atoms with Crippen molar-refractivity contribution in [1.29, 1.82) is 10.5 Å². The van der Waals surface area contributed by atoms with Gasteiger partial charge in [-0.05, 0) is 31.2 Å². The normalized spacial score (nSPS) is 12.6. The molecule has 28 heavy (non-hydrogen) atoms. The number of hydrogen-bond acceptors (Lipinski definition) is 7. The van der Waals surface area contributed by atoms with Crippen molar-refractivity contribution in [1.82, 2.24) is 14.8 Å². The Hall–Kier alpha value is -3.62. The smallest absolute Gasteiger partial charge is 0.231 e. The second-order valence-electron chi connectivity index (χ2n) is 6.14. The Morgan fingerprint density at radius 3 is 2.93 bits per heavy atom. The number of allylic oxidation sites excluding steroid dienone is 1. The molecule has 0 atom stereocenters. The van der Waals surface area contributed by atoms with Crippen molar-refractivity contribution in [3.05, 3.63) is 46.0 Å². The third-order valence-electron chi connectivity index (χ3n) is 4.16. The summed E-state index contributed by atoms with van der Waals surface area (Å²) in [5.74, 6) is 1.36. The molecule has 0 amide bonds. The third-order valence-corrected chi connectivity index (χ3v) is 5.15. The Morgan fingerprint density at radius 2 is 2.18 bits per heavy atom. The number of nitriles is 2. The number of rotatable bonds is 5. The summed E-state index contributed by atoms with van der Waals surface area (Å²) in [7, 11) is 0. The van der Waals surface area contributed by atoms with E-state index < -0.39 is 0 Å². The van der Waals surface area contributed by atoms with Crippen LogP contribution < -0.4 is 9.47 Å². The molecule has 2 aromatic heterocycles. The van der Waals surface area contributed by atoms with E-state index in [1.807, 2.05) is 36.7 Å². The quantitative estimate of drug-likeness (QED) is 0.611. The first-order chi connectivity index (χ1) is 13.7. The Morgan fingerprint density at radius 1 is 1.32 bits per heavy atom. The molecule has 0 spiro atoms. The predicted molar refractivity (Wildman–Crippen MR) is 104 cm³/mol. The summed E-state index contributed by atoms with van der Waals surface area (Å²) in [4.78, 5) is 4.41. The van der Waals surface area contributed by atoms with Gasteiger partial charge in [-0.1, -0.05) is 0 Å². The van der Waals surface area contributed by atoms with E-state index in [0.29, 0.717) is 40.7 Å². The molecular formula is C20H15N5O2S. The maximum Gasteiger partial charge on any atom is 0.231 e. The molecular weight excluding hydrogens is 374 g/mol. The van der Waals surface area contributed by atoms with Gasteiger partial charge in [0.25, 0.3) is 0 Å². The number of ether oxygens (including phenoxy) is 2. The molecule has 138 valence electrons. The number of aryl methyl sites for hydroxylation is 2. The van der Waals surface area contributed by atoms with Crippen LogP contribution in [0.2, 0.25) is 0 Å². The van der Waals surface area contributed by atoms with E-state index in [0.717, 1.165) is 16.8 Å². The number of benzene rings is 1. The Kier molecular flexibility index (Phi) is 4.79. The van der Waals surface area contributed by atoms with Crippen LogP contribution in [-0.4, -0.2) is 21.6 Å². The lowest BCUT2D eigenvalue weighted by atomic mass is 10.1. The van der Waals surface area contributed by atoms with Crippen LogP contribution >= 0.6 is 11.3 Å². The van der Waals surface area contributed by atoms with Gasteiger partial charge in [-0.2, -0.15) is 15.6 Å². The fraction of sp³-hybridized carbons (Fsp3) is 0.200. The Balaban J connectivity index is 1.79. The predicted octanol–water partition coefficient (Wildman–Crippen LogP) is 4.02. The summed E-state index contributed by atoms with van der Waals surface area (Å²) in [5.41, 5.74) is 3.68. The van der Waals surface area contributed by atoms with Crippen molar-refractivity contribution in [2.45, 2.75) is 19.9 Å². The first kappa shape index (κ1) is 17.8. The molecule has 0 saturated heterocycles. The molecule has 0 fully saturated rings. The molecule has 7 nitrogen and oxygen atoms in total. The minimum atomic E-state index is 0.199. The molecule has 0 aliphatic carbocycles. The van der Waals surface area contributed by atoms with Gasteiger partial charge in [-0.3, -0.25) is 4.68 Å². The summed E-state index contributed by atoms with van der Waals surface area (Å²) >= 11 is 1.43.